The van der Waals surface area contributed by atoms with Crippen molar-refractivity contribution in [3.05, 3.63) is 29.8 Å². The summed E-state index contributed by atoms with van der Waals surface area (Å²) in [7, 11) is 3.48. The Kier molecular flexibility index (Phi) is 9.07. The Hall–Kier alpha value is -1.75. The first kappa shape index (κ1) is 18.3. The Balaban J connectivity index is 2.27. The zero-order valence-electron chi connectivity index (χ0n) is 14.4. The lowest BCUT2D eigenvalue weighted by Gasteiger charge is -2.18. The van der Waals surface area contributed by atoms with Gasteiger partial charge in [-0.1, -0.05) is 26.0 Å². The van der Waals surface area contributed by atoms with Crippen LogP contribution in [0, 0.1) is 0 Å². The van der Waals surface area contributed by atoms with Crippen LogP contribution in [0.25, 0.3) is 0 Å². The summed E-state index contributed by atoms with van der Waals surface area (Å²) in [6.45, 7) is 9.42. The molecule has 124 valence electrons. The first-order valence-corrected chi connectivity index (χ1v) is 8.03. The van der Waals surface area contributed by atoms with Crippen molar-refractivity contribution in [1.29, 1.82) is 0 Å². The Labute approximate surface area is 134 Å². The number of ether oxygens (including phenoxy) is 1. The molecule has 0 bridgehead atoms. The molecule has 0 unspecified atom stereocenters. The molecule has 0 amide bonds. The van der Waals surface area contributed by atoms with Gasteiger partial charge < -0.3 is 20.3 Å². The predicted octanol–water partition coefficient (Wildman–Crippen LogP) is 2.09. The van der Waals surface area contributed by atoms with Gasteiger partial charge in [0.05, 0.1) is 7.11 Å². The Morgan fingerprint density at radius 1 is 1.14 bits per heavy atom. The summed E-state index contributed by atoms with van der Waals surface area (Å²) in [6, 6.07) is 8.05. The largest absolute Gasteiger partial charge is 0.497 e. The van der Waals surface area contributed by atoms with E-state index in [0.717, 1.165) is 50.9 Å². The third-order valence-electron chi connectivity index (χ3n) is 3.68. The molecular weight excluding hydrogens is 276 g/mol. The van der Waals surface area contributed by atoms with Gasteiger partial charge in [0, 0.05) is 20.1 Å². The molecule has 0 aliphatic carbocycles. The maximum Gasteiger partial charge on any atom is 0.191 e. The van der Waals surface area contributed by atoms with Crippen LogP contribution in [0.3, 0.4) is 0 Å². The summed E-state index contributed by atoms with van der Waals surface area (Å²) in [5.41, 5.74) is 1.20. The Morgan fingerprint density at radius 3 is 2.36 bits per heavy atom. The van der Waals surface area contributed by atoms with Gasteiger partial charge in [-0.25, -0.2) is 0 Å². The summed E-state index contributed by atoms with van der Waals surface area (Å²) in [5.74, 6) is 1.72. The second kappa shape index (κ2) is 10.9. The number of methoxy groups -OCH3 is 1. The molecule has 0 saturated carbocycles. The number of hydrogen-bond donors (Lipinski definition) is 2. The summed E-state index contributed by atoms with van der Waals surface area (Å²) < 4.78 is 5.16. The monoisotopic (exact) mass is 306 g/mol. The van der Waals surface area contributed by atoms with Gasteiger partial charge in [0.15, 0.2) is 5.96 Å². The molecule has 2 N–H and O–H groups in total. The molecular formula is C17H30N4O. The number of aliphatic imine (C=N–C) groups is 1. The molecule has 5 nitrogen and oxygen atoms in total. The molecule has 0 spiro atoms. The zero-order valence-corrected chi connectivity index (χ0v) is 14.4. The lowest BCUT2D eigenvalue weighted by Crippen LogP contribution is -2.38. The minimum Gasteiger partial charge on any atom is -0.497 e. The van der Waals surface area contributed by atoms with E-state index in [1.54, 1.807) is 14.2 Å². The van der Waals surface area contributed by atoms with E-state index in [9.17, 15) is 0 Å². The van der Waals surface area contributed by atoms with Crippen molar-refractivity contribution in [3.8, 4) is 5.75 Å². The van der Waals surface area contributed by atoms with Crippen LogP contribution in [0.15, 0.2) is 29.3 Å². The van der Waals surface area contributed by atoms with E-state index in [0.29, 0.717) is 0 Å². The third-order valence-corrected chi connectivity index (χ3v) is 3.68. The molecule has 1 aromatic carbocycles. The van der Waals surface area contributed by atoms with Crippen LogP contribution in [-0.4, -0.2) is 51.2 Å². The molecule has 0 heterocycles. The molecule has 0 fully saturated rings. The van der Waals surface area contributed by atoms with E-state index in [2.05, 4.69) is 46.5 Å². The van der Waals surface area contributed by atoms with Gasteiger partial charge >= 0.3 is 0 Å². The molecule has 22 heavy (non-hydrogen) atoms. The summed E-state index contributed by atoms with van der Waals surface area (Å²) >= 11 is 0. The molecule has 0 saturated heterocycles. The molecule has 0 aliphatic rings. The lowest BCUT2D eigenvalue weighted by atomic mass is 10.2. The highest BCUT2D eigenvalue weighted by Crippen LogP contribution is 2.10. The van der Waals surface area contributed by atoms with Crippen molar-refractivity contribution in [2.75, 3.05) is 40.3 Å². The minimum atomic E-state index is 0.750. The van der Waals surface area contributed by atoms with Crippen LogP contribution in [-0.2, 0) is 6.54 Å². The maximum atomic E-state index is 5.16. The molecule has 0 aromatic heterocycles. The summed E-state index contributed by atoms with van der Waals surface area (Å²) in [5, 5.41) is 6.68. The number of hydrogen-bond acceptors (Lipinski definition) is 3. The standard InChI is InChI=1S/C17H30N4O/c1-5-21(6-2)13-7-12-19-17(18-3)20-14-15-8-10-16(22-4)11-9-15/h8-11H,5-7,12-14H2,1-4H3,(H2,18,19,20). The average Bonchev–Trinajstić information content (AvgIpc) is 2.58. The van der Waals surface area contributed by atoms with E-state index in [-0.39, 0.29) is 0 Å². The van der Waals surface area contributed by atoms with Gasteiger partial charge in [0.2, 0.25) is 0 Å². The highest BCUT2D eigenvalue weighted by Gasteiger charge is 2.01. The molecule has 0 atom stereocenters. The van der Waals surface area contributed by atoms with Crippen LogP contribution in [0.5, 0.6) is 5.75 Å². The van der Waals surface area contributed by atoms with Crippen LogP contribution < -0.4 is 15.4 Å². The quantitative estimate of drug-likeness (QED) is 0.417. The fraction of sp³-hybridized carbons (Fsp3) is 0.588. The Bertz CT molecular complexity index is 427. The number of rotatable bonds is 9. The van der Waals surface area contributed by atoms with Crippen molar-refractivity contribution in [2.45, 2.75) is 26.8 Å². The first-order chi connectivity index (χ1) is 10.7. The van der Waals surface area contributed by atoms with Gasteiger partial charge in [-0.05, 0) is 43.8 Å². The van der Waals surface area contributed by atoms with E-state index >= 15 is 0 Å². The van der Waals surface area contributed by atoms with Gasteiger partial charge in [-0.3, -0.25) is 4.99 Å². The van der Waals surface area contributed by atoms with E-state index < -0.39 is 0 Å². The molecule has 0 aliphatic heterocycles. The van der Waals surface area contributed by atoms with E-state index in [4.69, 9.17) is 4.74 Å². The highest BCUT2D eigenvalue weighted by atomic mass is 16.5. The second-order valence-corrected chi connectivity index (χ2v) is 5.08. The van der Waals surface area contributed by atoms with Gasteiger partial charge in [-0.15, -0.1) is 0 Å². The fourth-order valence-electron chi connectivity index (χ4n) is 2.20. The Morgan fingerprint density at radius 2 is 1.82 bits per heavy atom. The van der Waals surface area contributed by atoms with Gasteiger partial charge in [0.1, 0.15) is 5.75 Å². The average molecular weight is 306 g/mol. The highest BCUT2D eigenvalue weighted by molar-refractivity contribution is 5.79. The number of nitrogens with one attached hydrogen (secondary N) is 2. The normalized spacial score (nSPS) is 11.6. The van der Waals surface area contributed by atoms with Gasteiger partial charge in [0.25, 0.3) is 0 Å². The number of guanidine groups is 1. The van der Waals surface area contributed by atoms with Crippen LogP contribution in [0.2, 0.25) is 0 Å². The second-order valence-electron chi connectivity index (χ2n) is 5.08. The van der Waals surface area contributed by atoms with E-state index in [1.807, 2.05) is 12.1 Å². The maximum absolute atomic E-state index is 5.16. The number of benzene rings is 1. The SMILES string of the molecule is CCN(CC)CCCNC(=NC)NCc1ccc(OC)cc1. The van der Waals surface area contributed by atoms with Crippen LogP contribution in [0.4, 0.5) is 0 Å². The molecule has 0 radical (unpaired) electrons. The summed E-state index contributed by atoms with van der Waals surface area (Å²) in [4.78, 5) is 6.68. The molecule has 5 heteroatoms. The number of nitrogens with zero attached hydrogens (tertiary/aromatic N) is 2. The molecule has 1 aromatic rings. The zero-order chi connectivity index (χ0) is 16.2. The van der Waals surface area contributed by atoms with Crippen molar-refractivity contribution < 1.29 is 4.74 Å². The third kappa shape index (κ3) is 6.80. The van der Waals surface area contributed by atoms with Crippen molar-refractivity contribution in [3.63, 3.8) is 0 Å². The van der Waals surface area contributed by atoms with Crippen molar-refractivity contribution in [2.24, 2.45) is 4.99 Å². The first-order valence-electron chi connectivity index (χ1n) is 8.03. The fourth-order valence-corrected chi connectivity index (χ4v) is 2.20. The topological polar surface area (TPSA) is 48.9 Å². The van der Waals surface area contributed by atoms with Gasteiger partial charge in [-0.2, -0.15) is 0 Å². The summed E-state index contributed by atoms with van der Waals surface area (Å²) in [6.07, 6.45) is 1.12. The van der Waals surface area contributed by atoms with Crippen molar-refractivity contribution in [1.82, 2.24) is 15.5 Å². The van der Waals surface area contributed by atoms with E-state index in [1.165, 1.54) is 5.56 Å². The lowest BCUT2D eigenvalue weighted by molar-refractivity contribution is 0.300. The van der Waals surface area contributed by atoms with Crippen LogP contribution >= 0.6 is 0 Å². The van der Waals surface area contributed by atoms with Crippen molar-refractivity contribution >= 4 is 5.96 Å². The smallest absolute Gasteiger partial charge is 0.191 e. The minimum absolute atomic E-state index is 0.750. The molecule has 1 rings (SSSR count). The predicted molar refractivity (Wildman–Crippen MR) is 93.6 cm³/mol. The van der Waals surface area contributed by atoms with Crippen LogP contribution in [0.1, 0.15) is 25.8 Å².